The van der Waals surface area contributed by atoms with Gasteiger partial charge in [-0.3, -0.25) is 9.78 Å². The Hall–Kier alpha value is -3.94. The largest absolute Gasteiger partial charge is 0.348 e. The molecule has 0 unspecified atom stereocenters. The Morgan fingerprint density at radius 2 is 1.87 bits per heavy atom. The molecule has 4 rings (SSSR count). The van der Waals surface area contributed by atoms with E-state index >= 15 is 0 Å². The van der Waals surface area contributed by atoms with E-state index in [1.807, 2.05) is 30.3 Å². The van der Waals surface area contributed by atoms with E-state index < -0.39 is 6.43 Å². The number of nitrogens with one attached hydrogen (secondary N) is 1. The minimum Gasteiger partial charge on any atom is -0.348 e. The summed E-state index contributed by atoms with van der Waals surface area (Å²) in [6.07, 6.45) is 1.75. The molecule has 0 atom stereocenters. The van der Waals surface area contributed by atoms with Gasteiger partial charge in [0, 0.05) is 30.7 Å². The minimum absolute atomic E-state index is 0.194. The lowest BCUT2D eigenvalue weighted by Crippen LogP contribution is -2.23. The maximum absolute atomic E-state index is 13.5. The molecule has 1 amide bonds. The Kier molecular flexibility index (Phi) is 5.56. The molecule has 8 heteroatoms. The summed E-state index contributed by atoms with van der Waals surface area (Å²) in [4.78, 5) is 20.5. The highest BCUT2D eigenvalue weighted by Gasteiger charge is 2.20. The Morgan fingerprint density at radius 1 is 1.03 bits per heavy atom. The van der Waals surface area contributed by atoms with Crippen LogP contribution in [0.1, 0.15) is 28.0 Å². The van der Waals surface area contributed by atoms with Gasteiger partial charge in [0.05, 0.1) is 11.3 Å². The average Bonchev–Trinajstić information content (AvgIpc) is 3.25. The molecule has 0 fully saturated rings. The van der Waals surface area contributed by atoms with Crippen molar-refractivity contribution in [1.82, 2.24) is 25.1 Å². The SMILES string of the molecule is O=C(NCc1ccccc1)c1ccc(-n2nc(-c3cccnc3)cc2C(F)F)nc1. The van der Waals surface area contributed by atoms with E-state index in [9.17, 15) is 13.6 Å². The zero-order valence-corrected chi connectivity index (χ0v) is 15.7. The summed E-state index contributed by atoms with van der Waals surface area (Å²) in [6, 6.07) is 17.3. The molecule has 0 spiro atoms. The Balaban J connectivity index is 1.55. The monoisotopic (exact) mass is 405 g/mol. The molecule has 1 N–H and O–H groups in total. The number of pyridine rings is 2. The molecule has 3 aromatic heterocycles. The van der Waals surface area contributed by atoms with Gasteiger partial charge in [-0.05, 0) is 35.9 Å². The van der Waals surface area contributed by atoms with Gasteiger partial charge in [-0.25, -0.2) is 18.4 Å². The van der Waals surface area contributed by atoms with Crippen LogP contribution in [0.5, 0.6) is 0 Å². The van der Waals surface area contributed by atoms with Gasteiger partial charge in [0.2, 0.25) is 0 Å². The van der Waals surface area contributed by atoms with Crippen molar-refractivity contribution >= 4 is 5.91 Å². The van der Waals surface area contributed by atoms with Crippen molar-refractivity contribution in [3.05, 3.63) is 96.1 Å². The normalized spacial score (nSPS) is 10.9. The first kappa shape index (κ1) is 19.4. The average molecular weight is 405 g/mol. The van der Waals surface area contributed by atoms with Crippen molar-refractivity contribution in [3.8, 4) is 17.1 Å². The van der Waals surface area contributed by atoms with Crippen LogP contribution in [0.25, 0.3) is 17.1 Å². The molecule has 0 bridgehead atoms. The molecular formula is C22H17F2N5O. The highest BCUT2D eigenvalue weighted by Crippen LogP contribution is 2.27. The number of carbonyl (C=O) groups is 1. The second-order valence-corrected chi connectivity index (χ2v) is 6.48. The third-order valence-electron chi connectivity index (χ3n) is 4.44. The number of rotatable bonds is 6. The zero-order valence-electron chi connectivity index (χ0n) is 15.7. The lowest BCUT2D eigenvalue weighted by molar-refractivity contribution is 0.0950. The van der Waals surface area contributed by atoms with Crippen LogP contribution in [0.2, 0.25) is 0 Å². The van der Waals surface area contributed by atoms with Crippen molar-refractivity contribution in [2.75, 3.05) is 0 Å². The van der Waals surface area contributed by atoms with Crippen molar-refractivity contribution in [2.24, 2.45) is 0 Å². The van der Waals surface area contributed by atoms with E-state index in [0.717, 1.165) is 10.2 Å². The van der Waals surface area contributed by atoms with Crippen LogP contribution in [-0.2, 0) is 6.54 Å². The molecule has 150 valence electrons. The van der Waals surface area contributed by atoms with Crippen LogP contribution in [0, 0.1) is 0 Å². The number of alkyl halides is 2. The van der Waals surface area contributed by atoms with E-state index in [1.165, 1.54) is 24.4 Å². The lowest BCUT2D eigenvalue weighted by atomic mass is 10.2. The van der Waals surface area contributed by atoms with Crippen LogP contribution in [0.3, 0.4) is 0 Å². The minimum atomic E-state index is -2.74. The van der Waals surface area contributed by atoms with E-state index in [4.69, 9.17) is 0 Å². The third-order valence-corrected chi connectivity index (χ3v) is 4.44. The Labute approximate surface area is 171 Å². The van der Waals surface area contributed by atoms with Gasteiger partial charge in [0.15, 0.2) is 5.82 Å². The molecule has 4 aromatic rings. The van der Waals surface area contributed by atoms with Gasteiger partial charge >= 0.3 is 0 Å². The van der Waals surface area contributed by atoms with Crippen LogP contribution >= 0.6 is 0 Å². The van der Waals surface area contributed by atoms with Crippen LogP contribution < -0.4 is 5.32 Å². The molecule has 0 saturated carbocycles. The van der Waals surface area contributed by atoms with E-state index in [0.29, 0.717) is 23.4 Å². The second-order valence-electron chi connectivity index (χ2n) is 6.48. The number of hydrogen-bond donors (Lipinski definition) is 1. The first-order chi connectivity index (χ1) is 14.6. The summed E-state index contributed by atoms with van der Waals surface area (Å²) in [5.41, 5.74) is 1.99. The van der Waals surface area contributed by atoms with Gasteiger partial charge in [-0.1, -0.05) is 30.3 Å². The predicted molar refractivity (Wildman–Crippen MR) is 107 cm³/mol. The molecular weight excluding hydrogens is 388 g/mol. The molecule has 3 heterocycles. The number of carbonyl (C=O) groups excluding carboxylic acids is 1. The first-order valence-corrected chi connectivity index (χ1v) is 9.19. The Morgan fingerprint density at radius 3 is 2.53 bits per heavy atom. The molecule has 0 saturated heterocycles. The number of hydrogen-bond acceptors (Lipinski definition) is 4. The fourth-order valence-electron chi connectivity index (χ4n) is 2.92. The standard InChI is InChI=1S/C22H17F2N5O/c23-21(24)19-11-18(16-7-4-10-25-13-16)28-29(19)20-9-8-17(14-26-20)22(30)27-12-15-5-2-1-3-6-15/h1-11,13-14,21H,12H2,(H,27,30). The number of nitrogens with zero attached hydrogens (tertiary/aromatic N) is 4. The summed E-state index contributed by atoms with van der Waals surface area (Å²) in [6.45, 7) is 0.380. The zero-order chi connectivity index (χ0) is 20.9. The number of halogens is 2. The van der Waals surface area contributed by atoms with Gasteiger partial charge in [-0.15, -0.1) is 0 Å². The first-order valence-electron chi connectivity index (χ1n) is 9.19. The fourth-order valence-corrected chi connectivity index (χ4v) is 2.92. The van der Waals surface area contributed by atoms with Crippen molar-refractivity contribution in [1.29, 1.82) is 0 Å². The summed E-state index contributed by atoms with van der Waals surface area (Å²) in [5, 5.41) is 7.06. The van der Waals surface area contributed by atoms with Crippen LogP contribution in [0.4, 0.5) is 8.78 Å². The number of aromatic nitrogens is 4. The van der Waals surface area contributed by atoms with E-state index in [2.05, 4.69) is 20.4 Å². The Bertz CT molecular complexity index is 1130. The van der Waals surface area contributed by atoms with Crippen molar-refractivity contribution in [2.45, 2.75) is 13.0 Å². The summed E-state index contributed by atoms with van der Waals surface area (Å²) >= 11 is 0. The third kappa shape index (κ3) is 4.22. The predicted octanol–water partition coefficient (Wildman–Crippen LogP) is 4.20. The second kappa shape index (κ2) is 8.60. The van der Waals surface area contributed by atoms with Crippen molar-refractivity contribution in [3.63, 3.8) is 0 Å². The maximum atomic E-state index is 13.5. The fraction of sp³-hybridized carbons (Fsp3) is 0.0909. The van der Waals surface area contributed by atoms with Gasteiger partial charge < -0.3 is 5.32 Å². The number of benzene rings is 1. The summed E-state index contributed by atoms with van der Waals surface area (Å²) in [5.74, 6) is -0.108. The molecule has 0 aliphatic heterocycles. The highest BCUT2D eigenvalue weighted by atomic mass is 19.3. The molecule has 0 aliphatic rings. The topological polar surface area (TPSA) is 72.7 Å². The summed E-state index contributed by atoms with van der Waals surface area (Å²) in [7, 11) is 0. The molecule has 0 aliphatic carbocycles. The van der Waals surface area contributed by atoms with Gasteiger partial charge in [-0.2, -0.15) is 5.10 Å². The maximum Gasteiger partial charge on any atom is 0.280 e. The smallest absolute Gasteiger partial charge is 0.280 e. The summed E-state index contributed by atoms with van der Waals surface area (Å²) < 4.78 is 28.2. The highest BCUT2D eigenvalue weighted by molar-refractivity contribution is 5.93. The van der Waals surface area contributed by atoms with Crippen LogP contribution in [0.15, 0.2) is 79.3 Å². The lowest BCUT2D eigenvalue weighted by Gasteiger charge is -2.08. The molecule has 0 radical (unpaired) electrons. The van der Waals surface area contributed by atoms with Gasteiger partial charge in [0.25, 0.3) is 12.3 Å². The van der Waals surface area contributed by atoms with Gasteiger partial charge in [0.1, 0.15) is 5.69 Å². The van der Waals surface area contributed by atoms with Crippen LogP contribution in [-0.4, -0.2) is 25.7 Å². The molecule has 30 heavy (non-hydrogen) atoms. The van der Waals surface area contributed by atoms with E-state index in [-0.39, 0.29) is 17.4 Å². The molecule has 6 nitrogen and oxygen atoms in total. The molecule has 1 aromatic carbocycles. The quantitative estimate of drug-likeness (QED) is 0.522. The van der Waals surface area contributed by atoms with E-state index in [1.54, 1.807) is 24.5 Å². The number of amides is 1. The van der Waals surface area contributed by atoms with Crippen molar-refractivity contribution < 1.29 is 13.6 Å².